The molecule has 14 heavy (non-hydrogen) atoms. The van der Waals surface area contributed by atoms with Gasteiger partial charge < -0.3 is 10.4 Å². The van der Waals surface area contributed by atoms with Crippen molar-refractivity contribution in [3.8, 4) is 0 Å². The molecule has 0 bridgehead atoms. The summed E-state index contributed by atoms with van der Waals surface area (Å²) >= 11 is 0. The van der Waals surface area contributed by atoms with Crippen LogP contribution in [-0.4, -0.2) is 22.7 Å². The molecule has 1 aromatic rings. The number of hydrogen-bond acceptors (Lipinski definition) is 3. The van der Waals surface area contributed by atoms with E-state index in [1.165, 1.54) is 5.56 Å². The maximum atomic E-state index is 9.10. The highest BCUT2D eigenvalue weighted by Crippen LogP contribution is 2.02. The summed E-state index contributed by atoms with van der Waals surface area (Å²) in [6.07, 6.45) is 3.56. The number of aliphatic hydroxyl groups excluding tert-OH is 1. The molecule has 1 aromatic heterocycles. The van der Waals surface area contributed by atoms with Gasteiger partial charge in [0.25, 0.3) is 0 Å². The Morgan fingerprint density at radius 3 is 2.50 bits per heavy atom. The van der Waals surface area contributed by atoms with Crippen LogP contribution in [0.1, 0.15) is 19.4 Å². The molecule has 78 valence electrons. The van der Waals surface area contributed by atoms with Gasteiger partial charge in [-0.25, -0.2) is 0 Å². The molecule has 0 aromatic carbocycles. The molecule has 0 fully saturated rings. The van der Waals surface area contributed by atoms with E-state index >= 15 is 0 Å². The molecule has 0 saturated carbocycles. The molecule has 0 aliphatic heterocycles. The van der Waals surface area contributed by atoms with E-state index in [1.807, 2.05) is 12.1 Å². The maximum absolute atomic E-state index is 9.10. The molecule has 0 spiro atoms. The van der Waals surface area contributed by atoms with E-state index in [9.17, 15) is 0 Å². The molecule has 0 aliphatic carbocycles. The topological polar surface area (TPSA) is 45.1 Å². The SMILES string of the molecule is CC(C)C(CO)NCc1ccncc1. The molecule has 1 atom stereocenters. The minimum absolute atomic E-state index is 0.170. The monoisotopic (exact) mass is 194 g/mol. The van der Waals surface area contributed by atoms with Gasteiger partial charge in [-0.15, -0.1) is 0 Å². The number of nitrogens with one attached hydrogen (secondary N) is 1. The second-order valence-electron chi connectivity index (χ2n) is 3.77. The fourth-order valence-electron chi connectivity index (χ4n) is 1.26. The highest BCUT2D eigenvalue weighted by molar-refractivity contribution is 5.09. The number of rotatable bonds is 5. The molecule has 1 unspecified atom stereocenters. The predicted octanol–water partition coefficient (Wildman–Crippen LogP) is 1.19. The molecule has 0 radical (unpaired) electrons. The van der Waals surface area contributed by atoms with Crippen molar-refractivity contribution in [2.24, 2.45) is 5.92 Å². The van der Waals surface area contributed by atoms with Crippen LogP contribution in [0.4, 0.5) is 0 Å². The number of hydrogen-bond donors (Lipinski definition) is 2. The summed E-state index contributed by atoms with van der Waals surface area (Å²) in [7, 11) is 0. The normalized spacial score (nSPS) is 13.1. The van der Waals surface area contributed by atoms with E-state index < -0.39 is 0 Å². The molecule has 3 heteroatoms. The Bertz CT molecular complexity index is 249. The van der Waals surface area contributed by atoms with Crippen molar-refractivity contribution in [3.63, 3.8) is 0 Å². The van der Waals surface area contributed by atoms with Crippen LogP contribution in [0.3, 0.4) is 0 Å². The zero-order chi connectivity index (χ0) is 10.4. The Kier molecular flexibility index (Phi) is 4.56. The summed E-state index contributed by atoms with van der Waals surface area (Å²) < 4.78 is 0. The third-order valence-electron chi connectivity index (χ3n) is 2.32. The first-order valence-electron chi connectivity index (χ1n) is 4.97. The summed E-state index contributed by atoms with van der Waals surface area (Å²) in [5.41, 5.74) is 1.19. The summed E-state index contributed by atoms with van der Waals surface area (Å²) in [6.45, 7) is 5.16. The Labute approximate surface area is 85.2 Å². The zero-order valence-corrected chi connectivity index (χ0v) is 8.77. The van der Waals surface area contributed by atoms with Gasteiger partial charge in [-0.3, -0.25) is 4.98 Å². The highest BCUT2D eigenvalue weighted by atomic mass is 16.3. The molecular weight excluding hydrogens is 176 g/mol. The quantitative estimate of drug-likeness (QED) is 0.740. The number of aromatic nitrogens is 1. The van der Waals surface area contributed by atoms with Crippen molar-refractivity contribution in [1.82, 2.24) is 10.3 Å². The zero-order valence-electron chi connectivity index (χ0n) is 8.77. The van der Waals surface area contributed by atoms with Gasteiger partial charge in [0.05, 0.1) is 6.61 Å². The third kappa shape index (κ3) is 3.44. The molecule has 1 rings (SSSR count). The Morgan fingerprint density at radius 1 is 1.36 bits per heavy atom. The van der Waals surface area contributed by atoms with Crippen LogP contribution in [0.25, 0.3) is 0 Å². The van der Waals surface area contributed by atoms with Crippen molar-refractivity contribution in [2.45, 2.75) is 26.4 Å². The second-order valence-corrected chi connectivity index (χ2v) is 3.77. The van der Waals surface area contributed by atoms with Crippen LogP contribution in [0.15, 0.2) is 24.5 Å². The lowest BCUT2D eigenvalue weighted by atomic mass is 10.1. The lowest BCUT2D eigenvalue weighted by Gasteiger charge is -2.19. The van der Waals surface area contributed by atoms with Gasteiger partial charge in [0.1, 0.15) is 0 Å². The van der Waals surface area contributed by atoms with Crippen molar-refractivity contribution >= 4 is 0 Å². The van der Waals surface area contributed by atoms with Crippen molar-refractivity contribution in [2.75, 3.05) is 6.61 Å². The van der Waals surface area contributed by atoms with Crippen LogP contribution >= 0.6 is 0 Å². The minimum Gasteiger partial charge on any atom is -0.395 e. The van der Waals surface area contributed by atoms with Crippen molar-refractivity contribution < 1.29 is 5.11 Å². The number of aliphatic hydroxyl groups is 1. The third-order valence-corrected chi connectivity index (χ3v) is 2.32. The number of pyridine rings is 1. The van der Waals surface area contributed by atoms with Gasteiger partial charge in [0, 0.05) is 25.0 Å². The number of nitrogens with zero attached hydrogens (tertiary/aromatic N) is 1. The van der Waals surface area contributed by atoms with E-state index in [4.69, 9.17) is 5.11 Å². The first kappa shape index (κ1) is 11.1. The van der Waals surface area contributed by atoms with Crippen LogP contribution in [-0.2, 0) is 6.54 Å². The summed E-state index contributed by atoms with van der Waals surface area (Å²) in [4.78, 5) is 3.95. The fraction of sp³-hybridized carbons (Fsp3) is 0.545. The van der Waals surface area contributed by atoms with Gasteiger partial charge in [-0.2, -0.15) is 0 Å². The van der Waals surface area contributed by atoms with Crippen LogP contribution in [0.5, 0.6) is 0 Å². The molecule has 0 amide bonds. The first-order valence-corrected chi connectivity index (χ1v) is 4.97. The predicted molar refractivity (Wildman–Crippen MR) is 56.8 cm³/mol. The van der Waals surface area contributed by atoms with Gasteiger partial charge in [0.15, 0.2) is 0 Å². The Morgan fingerprint density at radius 2 is 2.00 bits per heavy atom. The van der Waals surface area contributed by atoms with Crippen molar-refractivity contribution in [3.05, 3.63) is 30.1 Å². The molecule has 0 saturated heterocycles. The molecular formula is C11H18N2O. The van der Waals surface area contributed by atoms with E-state index in [1.54, 1.807) is 12.4 Å². The summed E-state index contributed by atoms with van der Waals surface area (Å²) in [6, 6.07) is 4.12. The Hall–Kier alpha value is -0.930. The Balaban J connectivity index is 2.40. The van der Waals surface area contributed by atoms with E-state index in [2.05, 4.69) is 24.1 Å². The maximum Gasteiger partial charge on any atom is 0.0587 e. The van der Waals surface area contributed by atoms with E-state index in [0.717, 1.165) is 6.54 Å². The van der Waals surface area contributed by atoms with Crippen LogP contribution in [0.2, 0.25) is 0 Å². The van der Waals surface area contributed by atoms with Gasteiger partial charge in [-0.1, -0.05) is 13.8 Å². The standard InChI is InChI=1S/C11H18N2O/c1-9(2)11(8-14)13-7-10-3-5-12-6-4-10/h3-6,9,11,13-14H,7-8H2,1-2H3. The molecule has 3 nitrogen and oxygen atoms in total. The van der Waals surface area contributed by atoms with Gasteiger partial charge in [0.2, 0.25) is 0 Å². The van der Waals surface area contributed by atoms with Crippen LogP contribution in [0, 0.1) is 5.92 Å². The fourth-order valence-corrected chi connectivity index (χ4v) is 1.26. The first-order chi connectivity index (χ1) is 6.74. The summed E-state index contributed by atoms with van der Waals surface area (Å²) in [5.74, 6) is 0.446. The molecule has 1 heterocycles. The van der Waals surface area contributed by atoms with Crippen molar-refractivity contribution in [1.29, 1.82) is 0 Å². The van der Waals surface area contributed by atoms with Gasteiger partial charge >= 0.3 is 0 Å². The van der Waals surface area contributed by atoms with Crippen LogP contribution < -0.4 is 5.32 Å². The average Bonchev–Trinajstić information content (AvgIpc) is 2.20. The van der Waals surface area contributed by atoms with E-state index in [-0.39, 0.29) is 12.6 Å². The highest BCUT2D eigenvalue weighted by Gasteiger charge is 2.10. The van der Waals surface area contributed by atoms with Gasteiger partial charge in [-0.05, 0) is 23.6 Å². The lowest BCUT2D eigenvalue weighted by molar-refractivity contribution is 0.210. The largest absolute Gasteiger partial charge is 0.395 e. The van der Waals surface area contributed by atoms with E-state index in [0.29, 0.717) is 5.92 Å². The average molecular weight is 194 g/mol. The lowest BCUT2D eigenvalue weighted by Crippen LogP contribution is -2.36. The second kappa shape index (κ2) is 5.73. The summed E-state index contributed by atoms with van der Waals surface area (Å²) in [5, 5.41) is 12.4. The molecule has 2 N–H and O–H groups in total. The molecule has 0 aliphatic rings. The minimum atomic E-state index is 0.170. The smallest absolute Gasteiger partial charge is 0.0587 e.